The zero-order chi connectivity index (χ0) is 16.7. The van der Waals surface area contributed by atoms with Gasteiger partial charge in [-0.1, -0.05) is 35.4 Å². The molecule has 8 nitrogen and oxygen atoms in total. The predicted octanol–water partition coefficient (Wildman–Crippen LogP) is 2.48. The van der Waals surface area contributed by atoms with Crippen LogP contribution >= 0.6 is 0 Å². The fraction of sp³-hybridized carbons (Fsp3) is 0.533. The highest BCUT2D eigenvalue weighted by Gasteiger charge is 2.32. The van der Waals surface area contributed by atoms with Crippen molar-refractivity contribution in [3.05, 3.63) is 46.3 Å². The Morgan fingerprint density at radius 2 is 2.26 bits per heavy atom. The van der Waals surface area contributed by atoms with Gasteiger partial charge in [0.05, 0.1) is 18.2 Å². The molecule has 2 rings (SSSR count). The Hall–Kier alpha value is -2.28. The van der Waals surface area contributed by atoms with Crippen LogP contribution in [0.4, 0.5) is 4.79 Å². The second-order valence-corrected chi connectivity index (χ2v) is 5.41. The number of carbonyl (C=O) groups excluding carboxylic acids is 1. The van der Waals surface area contributed by atoms with E-state index in [1.54, 1.807) is 6.92 Å². The van der Waals surface area contributed by atoms with Crippen molar-refractivity contribution in [3.8, 4) is 0 Å². The maximum Gasteiger partial charge on any atom is 0.407 e. The van der Waals surface area contributed by atoms with E-state index in [-0.39, 0.29) is 18.8 Å². The second-order valence-electron chi connectivity index (χ2n) is 5.41. The summed E-state index contributed by atoms with van der Waals surface area (Å²) < 4.78 is 10.5. The minimum atomic E-state index is -1.16. The number of rotatable bonds is 5. The Morgan fingerprint density at radius 3 is 2.91 bits per heavy atom. The first-order chi connectivity index (χ1) is 11.1. The summed E-state index contributed by atoms with van der Waals surface area (Å²) in [6.45, 7) is 1.96. The van der Waals surface area contributed by atoms with Gasteiger partial charge in [0.2, 0.25) is 0 Å². The molecule has 0 radical (unpaired) electrons. The number of carbonyl (C=O) groups is 1. The van der Waals surface area contributed by atoms with Crippen LogP contribution in [-0.4, -0.2) is 35.7 Å². The molecular weight excluding hydrogens is 300 g/mol. The Bertz CT molecular complexity index is 562. The number of nitrogens with one attached hydrogen (secondary N) is 1. The van der Waals surface area contributed by atoms with Gasteiger partial charge in [0.25, 0.3) is 0 Å². The molecule has 124 valence electrons. The molecule has 23 heavy (non-hydrogen) atoms. The molecule has 1 fully saturated rings. The lowest BCUT2D eigenvalue weighted by Crippen LogP contribution is -2.48. The summed E-state index contributed by atoms with van der Waals surface area (Å²) in [7, 11) is 0. The van der Waals surface area contributed by atoms with Crippen molar-refractivity contribution in [1.29, 1.82) is 0 Å². The lowest BCUT2D eigenvalue weighted by Gasteiger charge is -2.34. The Kier molecular flexibility index (Phi) is 6.22. The first kappa shape index (κ1) is 17.1. The normalized spacial score (nSPS) is 25.0. The van der Waals surface area contributed by atoms with Gasteiger partial charge in [-0.05, 0) is 30.9 Å². The summed E-state index contributed by atoms with van der Waals surface area (Å²) in [6.07, 6.45) is -0.993. The number of hydrogen-bond acceptors (Lipinski definition) is 5. The molecule has 1 heterocycles. The van der Waals surface area contributed by atoms with Crippen LogP contribution in [0.25, 0.3) is 10.4 Å². The molecule has 0 aromatic heterocycles. The summed E-state index contributed by atoms with van der Waals surface area (Å²) in [5.41, 5.74) is 9.30. The maximum absolute atomic E-state index is 11.8. The number of azide groups is 1. The standard InChI is InChI=1S/C15H20N4O4/c1-10(13-8-7-12(18-19-16)14(20)23-13)17-15(21)22-9-11-5-3-2-4-6-11/h2-6,10,12-14,20H,7-9H2,1H3,(H,17,21)/t10-,12?,13+,14?/m1/s1. The van der Waals surface area contributed by atoms with Gasteiger partial charge in [0.1, 0.15) is 6.61 Å². The average Bonchev–Trinajstić information content (AvgIpc) is 2.56. The third-order valence-corrected chi connectivity index (χ3v) is 3.71. The van der Waals surface area contributed by atoms with Gasteiger partial charge in [-0.2, -0.15) is 0 Å². The van der Waals surface area contributed by atoms with Crippen LogP contribution in [0.15, 0.2) is 35.4 Å². The number of aliphatic hydroxyl groups is 1. The van der Waals surface area contributed by atoms with Crippen molar-refractivity contribution in [2.75, 3.05) is 0 Å². The van der Waals surface area contributed by atoms with E-state index in [4.69, 9.17) is 15.0 Å². The summed E-state index contributed by atoms with van der Waals surface area (Å²) in [5.74, 6) is 0. The van der Waals surface area contributed by atoms with Crippen LogP contribution in [0.1, 0.15) is 25.3 Å². The molecule has 0 spiro atoms. The molecule has 1 amide bonds. The van der Waals surface area contributed by atoms with Crippen LogP contribution in [0.2, 0.25) is 0 Å². The molecule has 1 aliphatic rings. The summed E-state index contributed by atoms with van der Waals surface area (Å²) in [5, 5.41) is 15.9. The van der Waals surface area contributed by atoms with E-state index in [0.717, 1.165) is 5.56 Å². The first-order valence-corrected chi connectivity index (χ1v) is 7.45. The zero-order valence-electron chi connectivity index (χ0n) is 12.8. The van der Waals surface area contributed by atoms with Gasteiger partial charge in [-0.25, -0.2) is 4.79 Å². The molecule has 4 atom stereocenters. The van der Waals surface area contributed by atoms with Gasteiger partial charge in [0.15, 0.2) is 6.29 Å². The van der Waals surface area contributed by atoms with Crippen molar-refractivity contribution in [1.82, 2.24) is 5.32 Å². The quantitative estimate of drug-likeness (QED) is 0.492. The number of aliphatic hydroxyl groups excluding tert-OH is 1. The smallest absolute Gasteiger partial charge is 0.407 e. The van der Waals surface area contributed by atoms with Gasteiger partial charge in [-0.3, -0.25) is 0 Å². The van der Waals surface area contributed by atoms with E-state index < -0.39 is 18.4 Å². The van der Waals surface area contributed by atoms with Crippen molar-refractivity contribution in [2.24, 2.45) is 5.11 Å². The Morgan fingerprint density at radius 1 is 1.52 bits per heavy atom. The highest BCUT2D eigenvalue weighted by atomic mass is 16.6. The van der Waals surface area contributed by atoms with Crippen LogP contribution in [-0.2, 0) is 16.1 Å². The number of benzene rings is 1. The van der Waals surface area contributed by atoms with E-state index >= 15 is 0 Å². The molecule has 0 saturated carbocycles. The van der Waals surface area contributed by atoms with Crippen LogP contribution in [0, 0.1) is 0 Å². The molecular formula is C15H20N4O4. The number of alkyl carbamates (subject to hydrolysis) is 1. The molecule has 2 unspecified atom stereocenters. The van der Waals surface area contributed by atoms with E-state index in [2.05, 4.69) is 15.3 Å². The van der Waals surface area contributed by atoms with Gasteiger partial charge in [0, 0.05) is 4.91 Å². The Balaban J connectivity index is 1.76. The molecule has 0 aliphatic carbocycles. The fourth-order valence-electron chi connectivity index (χ4n) is 2.41. The van der Waals surface area contributed by atoms with Crippen LogP contribution in [0.3, 0.4) is 0 Å². The minimum Gasteiger partial charge on any atom is -0.445 e. The Labute approximate surface area is 134 Å². The summed E-state index contributed by atoms with van der Waals surface area (Å²) >= 11 is 0. The lowest BCUT2D eigenvalue weighted by atomic mass is 10.00. The van der Waals surface area contributed by atoms with Crippen molar-refractivity contribution < 1.29 is 19.4 Å². The van der Waals surface area contributed by atoms with Gasteiger partial charge >= 0.3 is 6.09 Å². The molecule has 1 aromatic rings. The predicted molar refractivity (Wildman–Crippen MR) is 82.3 cm³/mol. The van der Waals surface area contributed by atoms with Crippen molar-refractivity contribution >= 4 is 6.09 Å². The summed E-state index contributed by atoms with van der Waals surface area (Å²) in [6, 6.07) is 8.45. The molecule has 1 aromatic carbocycles. The largest absolute Gasteiger partial charge is 0.445 e. The number of nitrogens with zero attached hydrogens (tertiary/aromatic N) is 3. The topological polar surface area (TPSA) is 117 Å². The fourth-order valence-corrected chi connectivity index (χ4v) is 2.41. The minimum absolute atomic E-state index is 0.187. The third-order valence-electron chi connectivity index (χ3n) is 3.71. The van der Waals surface area contributed by atoms with Gasteiger partial charge < -0.3 is 19.9 Å². The molecule has 8 heteroatoms. The van der Waals surface area contributed by atoms with Crippen molar-refractivity contribution in [3.63, 3.8) is 0 Å². The van der Waals surface area contributed by atoms with E-state index in [1.165, 1.54) is 0 Å². The van der Waals surface area contributed by atoms with E-state index in [0.29, 0.717) is 12.8 Å². The van der Waals surface area contributed by atoms with E-state index in [1.807, 2.05) is 30.3 Å². The number of hydrogen-bond donors (Lipinski definition) is 2. The van der Waals surface area contributed by atoms with Gasteiger partial charge in [-0.15, -0.1) is 0 Å². The van der Waals surface area contributed by atoms with Crippen molar-refractivity contribution in [2.45, 2.75) is 50.8 Å². The highest BCUT2D eigenvalue weighted by molar-refractivity contribution is 5.67. The van der Waals surface area contributed by atoms with E-state index in [9.17, 15) is 9.90 Å². The van der Waals surface area contributed by atoms with Crippen LogP contribution < -0.4 is 5.32 Å². The molecule has 1 aliphatic heterocycles. The number of amides is 1. The SMILES string of the molecule is C[C@@H](NC(=O)OCc1ccccc1)[C@@H]1CCC(N=[N+]=[N-])C(O)O1. The molecule has 2 N–H and O–H groups in total. The number of ether oxygens (including phenoxy) is 2. The highest BCUT2D eigenvalue weighted by Crippen LogP contribution is 2.23. The third kappa shape index (κ3) is 5.14. The van der Waals surface area contributed by atoms with Crippen LogP contribution in [0.5, 0.6) is 0 Å². The first-order valence-electron chi connectivity index (χ1n) is 7.45. The maximum atomic E-state index is 11.8. The zero-order valence-corrected chi connectivity index (χ0v) is 12.8. The summed E-state index contributed by atoms with van der Waals surface area (Å²) in [4.78, 5) is 14.5. The molecule has 0 bridgehead atoms. The monoisotopic (exact) mass is 320 g/mol. The average molecular weight is 320 g/mol. The second kappa shape index (κ2) is 8.38. The lowest BCUT2D eigenvalue weighted by molar-refractivity contribution is -0.178. The molecule has 1 saturated heterocycles.